The van der Waals surface area contributed by atoms with E-state index in [2.05, 4.69) is 15.9 Å². The summed E-state index contributed by atoms with van der Waals surface area (Å²) in [5, 5.41) is 10.2. The molecule has 100 valence electrons. The van der Waals surface area contributed by atoms with Crippen LogP contribution < -0.4 is 0 Å². The van der Waals surface area contributed by atoms with E-state index in [4.69, 9.17) is 0 Å². The molecule has 0 amide bonds. The maximum atomic E-state index is 13.8. The molecule has 0 fully saturated rings. The molecule has 0 saturated carbocycles. The van der Waals surface area contributed by atoms with E-state index in [1.54, 1.807) is 12.1 Å². The summed E-state index contributed by atoms with van der Waals surface area (Å²) < 4.78 is 28.1. The lowest BCUT2D eigenvalue weighted by Gasteiger charge is -2.14. The zero-order valence-electron chi connectivity index (χ0n) is 10.5. The van der Waals surface area contributed by atoms with Crippen molar-refractivity contribution < 1.29 is 13.9 Å². The fraction of sp³-hybridized carbons (Fsp3) is 0.200. The minimum Gasteiger partial charge on any atom is -0.384 e. The molecule has 19 heavy (non-hydrogen) atoms. The minimum atomic E-state index is -1.19. The second-order valence-electron chi connectivity index (χ2n) is 4.53. The highest BCUT2D eigenvalue weighted by atomic mass is 79.9. The number of hydrogen-bond donors (Lipinski definition) is 1. The quantitative estimate of drug-likeness (QED) is 0.865. The van der Waals surface area contributed by atoms with E-state index in [1.165, 1.54) is 6.92 Å². The summed E-state index contributed by atoms with van der Waals surface area (Å²) in [5.74, 6) is -1.13. The Bertz CT molecular complexity index is 626. The maximum absolute atomic E-state index is 13.8. The van der Waals surface area contributed by atoms with Crippen LogP contribution in [0, 0.1) is 25.5 Å². The SMILES string of the molecule is Cc1cc(F)c(C(O)c2ccc(C)c(Br)c2)cc1F. The molecule has 0 spiro atoms. The number of benzene rings is 2. The molecule has 0 bridgehead atoms. The second kappa shape index (κ2) is 5.39. The molecule has 2 aromatic rings. The number of aliphatic hydroxyl groups excluding tert-OH is 1. The van der Waals surface area contributed by atoms with Crippen LogP contribution in [0.3, 0.4) is 0 Å². The van der Waals surface area contributed by atoms with Crippen molar-refractivity contribution in [1.82, 2.24) is 0 Å². The van der Waals surface area contributed by atoms with Crippen LogP contribution in [0.25, 0.3) is 0 Å². The van der Waals surface area contributed by atoms with Crippen LogP contribution in [0.2, 0.25) is 0 Å². The van der Waals surface area contributed by atoms with E-state index in [0.717, 1.165) is 22.2 Å². The van der Waals surface area contributed by atoms with Gasteiger partial charge in [0.25, 0.3) is 0 Å². The molecule has 1 nitrogen and oxygen atoms in total. The Morgan fingerprint density at radius 3 is 2.32 bits per heavy atom. The smallest absolute Gasteiger partial charge is 0.129 e. The molecule has 2 aromatic carbocycles. The Balaban J connectivity index is 2.46. The first-order chi connectivity index (χ1) is 8.90. The molecule has 0 aromatic heterocycles. The molecule has 1 atom stereocenters. The molecule has 0 radical (unpaired) electrons. The molecule has 0 aliphatic heterocycles. The van der Waals surface area contributed by atoms with Gasteiger partial charge in [-0.1, -0.05) is 28.1 Å². The van der Waals surface area contributed by atoms with Gasteiger partial charge in [0, 0.05) is 10.0 Å². The van der Waals surface area contributed by atoms with Crippen LogP contribution in [0.5, 0.6) is 0 Å². The zero-order chi connectivity index (χ0) is 14.2. The van der Waals surface area contributed by atoms with Crippen LogP contribution in [-0.4, -0.2) is 5.11 Å². The Morgan fingerprint density at radius 1 is 1.00 bits per heavy atom. The first-order valence-electron chi connectivity index (χ1n) is 5.80. The number of aliphatic hydroxyl groups is 1. The lowest BCUT2D eigenvalue weighted by Crippen LogP contribution is -2.04. The van der Waals surface area contributed by atoms with Crippen molar-refractivity contribution in [2.24, 2.45) is 0 Å². The number of halogens is 3. The summed E-state index contributed by atoms with van der Waals surface area (Å²) in [5.41, 5.74) is 1.68. The van der Waals surface area contributed by atoms with Crippen LogP contribution in [-0.2, 0) is 0 Å². The Labute approximate surface area is 119 Å². The van der Waals surface area contributed by atoms with Gasteiger partial charge in [-0.3, -0.25) is 0 Å². The summed E-state index contributed by atoms with van der Waals surface area (Å²) >= 11 is 3.35. The Morgan fingerprint density at radius 2 is 1.68 bits per heavy atom. The number of rotatable bonds is 2. The predicted molar refractivity (Wildman–Crippen MR) is 74.0 cm³/mol. The van der Waals surface area contributed by atoms with Gasteiger partial charge < -0.3 is 5.11 Å². The molecule has 4 heteroatoms. The molecule has 2 rings (SSSR count). The van der Waals surface area contributed by atoms with E-state index in [0.29, 0.717) is 5.56 Å². The molecule has 1 N–H and O–H groups in total. The minimum absolute atomic E-state index is 0.0566. The Hall–Kier alpha value is -1.26. The molecular formula is C15H13BrF2O. The van der Waals surface area contributed by atoms with Crippen LogP contribution in [0.4, 0.5) is 8.78 Å². The third-order valence-electron chi connectivity index (χ3n) is 3.08. The van der Waals surface area contributed by atoms with Crippen molar-refractivity contribution >= 4 is 15.9 Å². The van der Waals surface area contributed by atoms with Gasteiger partial charge in [-0.05, 0) is 48.7 Å². The van der Waals surface area contributed by atoms with Gasteiger partial charge in [-0.2, -0.15) is 0 Å². The van der Waals surface area contributed by atoms with Crippen LogP contribution in [0.1, 0.15) is 28.4 Å². The van der Waals surface area contributed by atoms with Crippen LogP contribution >= 0.6 is 15.9 Å². The van der Waals surface area contributed by atoms with Crippen molar-refractivity contribution in [3.8, 4) is 0 Å². The van der Waals surface area contributed by atoms with Crippen molar-refractivity contribution in [3.05, 3.63) is 68.7 Å². The van der Waals surface area contributed by atoms with Gasteiger partial charge >= 0.3 is 0 Å². The molecule has 0 heterocycles. The van der Waals surface area contributed by atoms with Crippen molar-refractivity contribution in [2.45, 2.75) is 20.0 Å². The molecule has 0 aliphatic carbocycles. The molecule has 0 aliphatic rings. The summed E-state index contributed by atoms with van der Waals surface area (Å²) in [7, 11) is 0. The van der Waals surface area contributed by atoms with Crippen LogP contribution in [0.15, 0.2) is 34.8 Å². The topological polar surface area (TPSA) is 20.2 Å². The zero-order valence-corrected chi connectivity index (χ0v) is 12.1. The van der Waals surface area contributed by atoms with Crippen molar-refractivity contribution in [3.63, 3.8) is 0 Å². The van der Waals surface area contributed by atoms with Gasteiger partial charge in [0.2, 0.25) is 0 Å². The Kier molecular flexibility index (Phi) is 4.02. The lowest BCUT2D eigenvalue weighted by molar-refractivity contribution is 0.214. The average Bonchev–Trinajstić information content (AvgIpc) is 2.36. The van der Waals surface area contributed by atoms with Crippen molar-refractivity contribution in [1.29, 1.82) is 0 Å². The summed E-state index contributed by atoms with van der Waals surface area (Å²) in [6, 6.07) is 7.35. The number of hydrogen-bond acceptors (Lipinski definition) is 1. The van der Waals surface area contributed by atoms with Gasteiger partial charge in [0.1, 0.15) is 17.7 Å². The first kappa shape index (κ1) is 14.2. The van der Waals surface area contributed by atoms with E-state index in [-0.39, 0.29) is 11.1 Å². The highest BCUT2D eigenvalue weighted by Crippen LogP contribution is 2.29. The van der Waals surface area contributed by atoms with Gasteiger partial charge in [-0.15, -0.1) is 0 Å². The summed E-state index contributed by atoms with van der Waals surface area (Å²) in [6.45, 7) is 3.39. The van der Waals surface area contributed by atoms with E-state index < -0.39 is 17.7 Å². The summed E-state index contributed by atoms with van der Waals surface area (Å²) in [4.78, 5) is 0. The maximum Gasteiger partial charge on any atom is 0.129 e. The first-order valence-corrected chi connectivity index (χ1v) is 6.59. The van der Waals surface area contributed by atoms with E-state index >= 15 is 0 Å². The van der Waals surface area contributed by atoms with Gasteiger partial charge in [-0.25, -0.2) is 8.78 Å². The highest BCUT2D eigenvalue weighted by molar-refractivity contribution is 9.10. The fourth-order valence-corrected chi connectivity index (χ4v) is 2.23. The van der Waals surface area contributed by atoms with Gasteiger partial charge in [0.05, 0.1) is 0 Å². The second-order valence-corrected chi connectivity index (χ2v) is 5.39. The largest absolute Gasteiger partial charge is 0.384 e. The fourth-order valence-electron chi connectivity index (χ4n) is 1.83. The van der Waals surface area contributed by atoms with E-state index in [1.807, 2.05) is 13.0 Å². The highest BCUT2D eigenvalue weighted by Gasteiger charge is 2.17. The van der Waals surface area contributed by atoms with Gasteiger partial charge in [0.15, 0.2) is 0 Å². The molecular weight excluding hydrogens is 314 g/mol. The van der Waals surface area contributed by atoms with Crippen molar-refractivity contribution in [2.75, 3.05) is 0 Å². The number of aryl methyl sites for hydroxylation is 2. The molecule has 0 saturated heterocycles. The third-order valence-corrected chi connectivity index (χ3v) is 3.94. The lowest BCUT2D eigenvalue weighted by atomic mass is 9.99. The molecule has 1 unspecified atom stereocenters. The standard InChI is InChI=1S/C15H13BrF2O/c1-8-3-4-10(6-12(8)16)15(19)11-7-13(17)9(2)5-14(11)18/h3-7,15,19H,1-2H3. The summed E-state index contributed by atoms with van der Waals surface area (Å²) in [6.07, 6.45) is -1.19. The average molecular weight is 327 g/mol. The predicted octanol–water partition coefficient (Wildman–Crippen LogP) is 4.43. The third kappa shape index (κ3) is 2.85. The van der Waals surface area contributed by atoms with E-state index in [9.17, 15) is 13.9 Å². The normalized spacial score (nSPS) is 12.5. The monoisotopic (exact) mass is 326 g/mol.